The van der Waals surface area contributed by atoms with Crippen molar-refractivity contribution < 1.29 is 29.0 Å². The lowest BCUT2D eigenvalue weighted by molar-refractivity contribution is -0.152. The lowest BCUT2D eigenvalue weighted by Crippen LogP contribution is -2.42. The zero-order valence-electron chi connectivity index (χ0n) is 13.5. The molecule has 0 aliphatic rings. The van der Waals surface area contributed by atoms with Gasteiger partial charge in [0.15, 0.2) is 0 Å². The summed E-state index contributed by atoms with van der Waals surface area (Å²) in [4.78, 5) is 35.2. The summed E-state index contributed by atoms with van der Waals surface area (Å²) in [7, 11) is 1.21. The summed E-state index contributed by atoms with van der Waals surface area (Å²) in [5.41, 5.74) is 0.834. The minimum Gasteiger partial charge on any atom is -0.478 e. The predicted molar refractivity (Wildman–Crippen MR) is 88.1 cm³/mol. The van der Waals surface area contributed by atoms with Gasteiger partial charge in [-0.3, -0.25) is 4.79 Å². The zero-order valence-corrected chi connectivity index (χ0v) is 13.5. The lowest BCUT2D eigenvalue weighted by Gasteiger charge is -2.14. The van der Waals surface area contributed by atoms with Gasteiger partial charge in [-0.05, 0) is 23.8 Å². The molecule has 2 rings (SSSR count). The van der Waals surface area contributed by atoms with Crippen LogP contribution in [0.4, 0.5) is 0 Å². The van der Waals surface area contributed by atoms with Crippen LogP contribution in [0, 0.1) is 0 Å². The summed E-state index contributed by atoms with van der Waals surface area (Å²) in [6.07, 6.45) is -1.46. The molecule has 1 atom stereocenters. The van der Waals surface area contributed by atoms with Crippen molar-refractivity contribution in [2.75, 3.05) is 7.11 Å². The molecule has 25 heavy (non-hydrogen) atoms. The van der Waals surface area contributed by atoms with Crippen LogP contribution in [0.3, 0.4) is 0 Å². The van der Waals surface area contributed by atoms with E-state index in [1.54, 1.807) is 0 Å². The van der Waals surface area contributed by atoms with Crippen LogP contribution >= 0.6 is 0 Å². The summed E-state index contributed by atoms with van der Waals surface area (Å²) in [6, 6.07) is 14.6. The van der Waals surface area contributed by atoms with Crippen molar-refractivity contribution in [2.45, 2.75) is 12.6 Å². The fourth-order valence-corrected chi connectivity index (χ4v) is 2.05. The second-order valence-electron chi connectivity index (χ2n) is 5.07. The number of carbonyl (C=O) groups is 3. The largest absolute Gasteiger partial charge is 0.478 e. The molecule has 0 heterocycles. The number of ether oxygens (including phenoxy) is 2. The van der Waals surface area contributed by atoms with E-state index >= 15 is 0 Å². The molecule has 7 heteroatoms. The van der Waals surface area contributed by atoms with Crippen LogP contribution in [0.2, 0.25) is 0 Å². The molecule has 0 aromatic heterocycles. The molecule has 0 saturated carbocycles. The molecule has 0 spiro atoms. The van der Waals surface area contributed by atoms with Gasteiger partial charge < -0.3 is 19.9 Å². The third-order valence-corrected chi connectivity index (χ3v) is 3.30. The standard InChI is InChI=1S/C18H17NO6/c1-24-15(16(20)19-11-12-6-3-2-4-7-12)18(23)25-14-9-5-8-13(10-14)17(21)22/h2-10,15H,11H2,1H3,(H,19,20)(H,21,22)/t15-/m0/s1. The topological polar surface area (TPSA) is 102 Å². The smallest absolute Gasteiger partial charge is 0.350 e. The van der Waals surface area contributed by atoms with Gasteiger partial charge in [0.05, 0.1) is 5.56 Å². The number of amides is 1. The fourth-order valence-electron chi connectivity index (χ4n) is 2.05. The van der Waals surface area contributed by atoms with E-state index in [-0.39, 0.29) is 17.9 Å². The van der Waals surface area contributed by atoms with Gasteiger partial charge in [-0.1, -0.05) is 36.4 Å². The van der Waals surface area contributed by atoms with E-state index in [1.807, 2.05) is 30.3 Å². The molecule has 2 aromatic carbocycles. The molecular weight excluding hydrogens is 326 g/mol. The van der Waals surface area contributed by atoms with Crippen molar-refractivity contribution >= 4 is 17.8 Å². The highest BCUT2D eigenvalue weighted by Gasteiger charge is 2.28. The highest BCUT2D eigenvalue weighted by Crippen LogP contribution is 2.14. The van der Waals surface area contributed by atoms with Gasteiger partial charge in [-0.25, -0.2) is 9.59 Å². The predicted octanol–water partition coefficient (Wildman–Crippen LogP) is 1.62. The van der Waals surface area contributed by atoms with Crippen molar-refractivity contribution in [1.29, 1.82) is 0 Å². The van der Waals surface area contributed by atoms with E-state index in [9.17, 15) is 14.4 Å². The van der Waals surface area contributed by atoms with E-state index in [4.69, 9.17) is 14.6 Å². The van der Waals surface area contributed by atoms with Gasteiger partial charge >= 0.3 is 11.9 Å². The molecule has 2 aromatic rings. The first-order valence-corrected chi connectivity index (χ1v) is 7.40. The maximum atomic E-state index is 12.1. The number of rotatable bonds is 7. The Morgan fingerprint density at radius 3 is 2.44 bits per heavy atom. The number of aromatic carboxylic acids is 1. The number of methoxy groups -OCH3 is 1. The maximum absolute atomic E-state index is 12.1. The first-order valence-electron chi connectivity index (χ1n) is 7.40. The fraction of sp³-hybridized carbons (Fsp3) is 0.167. The van der Waals surface area contributed by atoms with Crippen molar-refractivity contribution in [2.24, 2.45) is 0 Å². The van der Waals surface area contributed by atoms with E-state index in [2.05, 4.69) is 5.32 Å². The first kappa shape index (κ1) is 18.2. The van der Waals surface area contributed by atoms with Gasteiger partial charge in [0, 0.05) is 13.7 Å². The van der Waals surface area contributed by atoms with Gasteiger partial charge in [0.2, 0.25) is 6.10 Å². The zero-order chi connectivity index (χ0) is 18.2. The molecule has 1 amide bonds. The Bertz CT molecular complexity index is 759. The number of carbonyl (C=O) groups excluding carboxylic acids is 2. The third-order valence-electron chi connectivity index (χ3n) is 3.30. The highest BCUT2D eigenvalue weighted by atomic mass is 16.6. The molecule has 0 saturated heterocycles. The van der Waals surface area contributed by atoms with Crippen molar-refractivity contribution in [3.05, 3.63) is 65.7 Å². The summed E-state index contributed by atoms with van der Waals surface area (Å²) < 4.78 is 9.95. The third kappa shape index (κ3) is 5.15. The van der Waals surface area contributed by atoms with Gasteiger partial charge in [-0.2, -0.15) is 0 Å². The van der Waals surface area contributed by atoms with Crippen molar-refractivity contribution in [3.8, 4) is 5.75 Å². The van der Waals surface area contributed by atoms with Gasteiger partial charge in [0.25, 0.3) is 5.91 Å². The van der Waals surface area contributed by atoms with Crippen LogP contribution in [0.5, 0.6) is 5.75 Å². The molecular formula is C18H17NO6. The van der Waals surface area contributed by atoms with Crippen LogP contribution in [-0.4, -0.2) is 36.2 Å². The van der Waals surface area contributed by atoms with Crippen molar-refractivity contribution in [1.82, 2.24) is 5.32 Å². The summed E-state index contributed by atoms with van der Waals surface area (Å²) in [5, 5.41) is 11.5. The summed E-state index contributed by atoms with van der Waals surface area (Å²) in [6.45, 7) is 0.237. The molecule has 0 radical (unpaired) electrons. The first-order chi connectivity index (χ1) is 12.0. The highest BCUT2D eigenvalue weighted by molar-refractivity contribution is 6.01. The Labute approximate surface area is 144 Å². The second-order valence-corrected chi connectivity index (χ2v) is 5.07. The van der Waals surface area contributed by atoms with Gasteiger partial charge in [0.1, 0.15) is 5.75 Å². The number of nitrogens with one attached hydrogen (secondary N) is 1. The molecule has 0 aliphatic carbocycles. The number of hydrogen-bond acceptors (Lipinski definition) is 5. The Balaban J connectivity index is 1.99. The Kier molecular flexibility index (Phi) is 6.25. The Morgan fingerprint density at radius 2 is 1.80 bits per heavy atom. The molecule has 0 bridgehead atoms. The minimum atomic E-state index is -1.46. The van der Waals surface area contributed by atoms with Crippen LogP contribution < -0.4 is 10.1 Å². The van der Waals surface area contributed by atoms with E-state index in [1.165, 1.54) is 31.4 Å². The van der Waals surface area contributed by atoms with Crippen molar-refractivity contribution in [3.63, 3.8) is 0 Å². The van der Waals surface area contributed by atoms with Gasteiger partial charge in [-0.15, -0.1) is 0 Å². The molecule has 0 unspecified atom stereocenters. The second kappa shape index (κ2) is 8.60. The number of carboxylic acids is 1. The number of benzene rings is 2. The summed E-state index contributed by atoms with van der Waals surface area (Å²) >= 11 is 0. The summed E-state index contributed by atoms with van der Waals surface area (Å²) in [5.74, 6) is -2.72. The van der Waals surface area contributed by atoms with E-state index in [0.29, 0.717) is 0 Å². The monoisotopic (exact) mass is 343 g/mol. The van der Waals surface area contributed by atoms with Crippen LogP contribution in [-0.2, 0) is 20.9 Å². The molecule has 2 N–H and O–H groups in total. The van der Waals surface area contributed by atoms with E-state index in [0.717, 1.165) is 5.56 Å². The molecule has 0 fully saturated rings. The van der Waals surface area contributed by atoms with Crippen LogP contribution in [0.15, 0.2) is 54.6 Å². The Hall–Kier alpha value is -3.19. The molecule has 130 valence electrons. The van der Waals surface area contributed by atoms with Crippen LogP contribution in [0.25, 0.3) is 0 Å². The molecule has 7 nitrogen and oxygen atoms in total. The minimum absolute atomic E-state index is 0.0165. The van der Waals surface area contributed by atoms with Crippen LogP contribution in [0.1, 0.15) is 15.9 Å². The number of esters is 1. The maximum Gasteiger partial charge on any atom is 0.350 e. The lowest BCUT2D eigenvalue weighted by atomic mass is 10.2. The quantitative estimate of drug-likeness (QED) is 0.450. The normalized spacial score (nSPS) is 11.4. The number of hydrogen-bond donors (Lipinski definition) is 2. The molecule has 0 aliphatic heterocycles. The average Bonchev–Trinajstić information content (AvgIpc) is 2.61. The van der Waals surface area contributed by atoms with E-state index < -0.39 is 23.9 Å². The SMILES string of the molecule is CO[C@@H](C(=O)NCc1ccccc1)C(=O)Oc1cccc(C(=O)O)c1. The average molecular weight is 343 g/mol. The number of carboxylic acid groups (broad SMARTS) is 1. The Morgan fingerprint density at radius 1 is 1.08 bits per heavy atom.